The van der Waals surface area contributed by atoms with Crippen LogP contribution in [0.4, 0.5) is 0 Å². The summed E-state index contributed by atoms with van der Waals surface area (Å²) < 4.78 is 26.9. The van der Waals surface area contributed by atoms with Crippen molar-refractivity contribution in [3.05, 3.63) is 59.9 Å². The van der Waals surface area contributed by atoms with Crippen LogP contribution in [0.15, 0.2) is 53.7 Å². The van der Waals surface area contributed by atoms with Crippen LogP contribution < -0.4 is 0 Å². The zero-order valence-electron chi connectivity index (χ0n) is 13.1. The van der Waals surface area contributed by atoms with Crippen molar-refractivity contribution in [3.63, 3.8) is 0 Å². The molecule has 0 N–H and O–H groups in total. The highest BCUT2D eigenvalue weighted by molar-refractivity contribution is 7.89. The highest BCUT2D eigenvalue weighted by Crippen LogP contribution is 2.17. The van der Waals surface area contributed by atoms with E-state index in [-0.39, 0.29) is 0 Å². The molecule has 0 bridgehead atoms. The first kappa shape index (κ1) is 16.6. The number of rotatable bonds is 7. The van der Waals surface area contributed by atoms with Crippen LogP contribution in [0.5, 0.6) is 0 Å². The van der Waals surface area contributed by atoms with Crippen molar-refractivity contribution in [2.45, 2.75) is 31.6 Å². The largest absolute Gasteiger partial charge is 0.265 e. The molecule has 1 heterocycles. The first-order chi connectivity index (χ1) is 10.6. The van der Waals surface area contributed by atoms with Gasteiger partial charge in [-0.25, -0.2) is 8.42 Å². The standard InChI is InChI=1S/C17H22N2O2S/c1-3-15-5-7-17(8-6-15)22(20,21)19(4-2)14-11-16-9-12-18-13-10-16/h5-10,12-13H,3-4,11,14H2,1-2H3. The molecule has 1 aromatic heterocycles. The SMILES string of the molecule is CCc1ccc(S(=O)(=O)N(CC)CCc2ccncc2)cc1. The van der Waals surface area contributed by atoms with E-state index in [9.17, 15) is 8.42 Å². The number of likely N-dealkylation sites (N-methyl/N-ethyl adjacent to an activating group) is 1. The molecule has 0 aliphatic rings. The molecule has 0 saturated carbocycles. The Morgan fingerprint density at radius 3 is 2.14 bits per heavy atom. The van der Waals surface area contributed by atoms with Crippen LogP contribution in [0.2, 0.25) is 0 Å². The lowest BCUT2D eigenvalue weighted by Crippen LogP contribution is -2.32. The molecule has 0 amide bonds. The van der Waals surface area contributed by atoms with Crippen molar-refractivity contribution >= 4 is 10.0 Å². The molecule has 0 saturated heterocycles. The number of sulfonamides is 1. The number of hydrogen-bond donors (Lipinski definition) is 0. The second kappa shape index (κ2) is 7.51. The fourth-order valence-corrected chi connectivity index (χ4v) is 3.75. The molecule has 0 radical (unpaired) electrons. The third-order valence-electron chi connectivity index (χ3n) is 3.72. The monoisotopic (exact) mass is 318 g/mol. The van der Waals surface area contributed by atoms with Gasteiger partial charge >= 0.3 is 0 Å². The van der Waals surface area contributed by atoms with Gasteiger partial charge in [0, 0.05) is 25.5 Å². The molecule has 118 valence electrons. The van der Waals surface area contributed by atoms with Gasteiger partial charge in [-0.15, -0.1) is 0 Å². The molecule has 2 aromatic rings. The van der Waals surface area contributed by atoms with Crippen molar-refractivity contribution in [2.75, 3.05) is 13.1 Å². The first-order valence-electron chi connectivity index (χ1n) is 7.56. The van der Waals surface area contributed by atoms with Crippen molar-refractivity contribution < 1.29 is 8.42 Å². The molecule has 22 heavy (non-hydrogen) atoms. The third kappa shape index (κ3) is 3.93. The Morgan fingerprint density at radius 1 is 0.955 bits per heavy atom. The summed E-state index contributed by atoms with van der Waals surface area (Å²) in [6.45, 7) is 4.85. The van der Waals surface area contributed by atoms with Gasteiger partial charge in [0.25, 0.3) is 0 Å². The van der Waals surface area contributed by atoms with E-state index >= 15 is 0 Å². The molecule has 5 heteroatoms. The summed E-state index contributed by atoms with van der Waals surface area (Å²) in [6, 6.07) is 11.0. The quantitative estimate of drug-likeness (QED) is 0.789. The minimum Gasteiger partial charge on any atom is -0.265 e. The zero-order valence-corrected chi connectivity index (χ0v) is 13.9. The van der Waals surface area contributed by atoms with Crippen molar-refractivity contribution in [1.29, 1.82) is 0 Å². The lowest BCUT2D eigenvalue weighted by atomic mass is 10.2. The second-order valence-corrected chi connectivity index (χ2v) is 7.04. The molecule has 0 fully saturated rings. The Kier molecular flexibility index (Phi) is 5.69. The van der Waals surface area contributed by atoms with Crippen LogP contribution in [-0.2, 0) is 22.9 Å². The van der Waals surface area contributed by atoms with Crippen LogP contribution in [0, 0.1) is 0 Å². The van der Waals surface area contributed by atoms with Gasteiger partial charge < -0.3 is 0 Å². The molecule has 0 aliphatic heterocycles. The predicted molar refractivity (Wildman–Crippen MR) is 88.2 cm³/mol. The second-order valence-electron chi connectivity index (χ2n) is 5.10. The van der Waals surface area contributed by atoms with Gasteiger partial charge in [-0.3, -0.25) is 4.98 Å². The van der Waals surface area contributed by atoms with E-state index in [1.54, 1.807) is 24.5 Å². The summed E-state index contributed by atoms with van der Waals surface area (Å²) in [7, 11) is -3.43. The molecule has 4 nitrogen and oxygen atoms in total. The fourth-order valence-electron chi connectivity index (χ4n) is 2.30. The normalized spacial score (nSPS) is 11.8. The van der Waals surface area contributed by atoms with Gasteiger partial charge in [0.05, 0.1) is 4.90 Å². The van der Waals surface area contributed by atoms with Gasteiger partial charge in [-0.2, -0.15) is 4.31 Å². The van der Waals surface area contributed by atoms with Crippen molar-refractivity contribution in [3.8, 4) is 0 Å². The van der Waals surface area contributed by atoms with E-state index in [4.69, 9.17) is 0 Å². The molecule has 0 unspecified atom stereocenters. The minimum atomic E-state index is -3.43. The van der Waals surface area contributed by atoms with Crippen molar-refractivity contribution in [2.24, 2.45) is 0 Å². The maximum atomic E-state index is 12.7. The van der Waals surface area contributed by atoms with Gasteiger partial charge in [-0.1, -0.05) is 26.0 Å². The molecule has 0 aliphatic carbocycles. The Hall–Kier alpha value is -1.72. The lowest BCUT2D eigenvalue weighted by Gasteiger charge is -2.20. The van der Waals surface area contributed by atoms with E-state index in [2.05, 4.69) is 11.9 Å². The van der Waals surface area contributed by atoms with Gasteiger partial charge in [0.2, 0.25) is 10.0 Å². The summed E-state index contributed by atoms with van der Waals surface area (Å²) in [6.07, 6.45) is 5.04. The van der Waals surface area contributed by atoms with E-state index in [0.29, 0.717) is 24.4 Å². The number of hydrogen-bond acceptors (Lipinski definition) is 3. The van der Waals surface area contributed by atoms with Gasteiger partial charge in [0.1, 0.15) is 0 Å². The third-order valence-corrected chi connectivity index (χ3v) is 5.71. The van der Waals surface area contributed by atoms with Crippen LogP contribution in [-0.4, -0.2) is 30.8 Å². The molecule has 0 spiro atoms. The number of aryl methyl sites for hydroxylation is 1. The number of pyridine rings is 1. The van der Waals surface area contributed by atoms with E-state index in [1.807, 2.05) is 31.2 Å². The number of benzene rings is 1. The smallest absolute Gasteiger partial charge is 0.243 e. The average molecular weight is 318 g/mol. The summed E-state index contributed by atoms with van der Waals surface area (Å²) in [5.74, 6) is 0. The highest BCUT2D eigenvalue weighted by Gasteiger charge is 2.22. The number of aromatic nitrogens is 1. The Morgan fingerprint density at radius 2 is 1.59 bits per heavy atom. The minimum absolute atomic E-state index is 0.362. The average Bonchev–Trinajstić information content (AvgIpc) is 2.56. The van der Waals surface area contributed by atoms with E-state index < -0.39 is 10.0 Å². The highest BCUT2D eigenvalue weighted by atomic mass is 32.2. The number of nitrogens with zero attached hydrogens (tertiary/aromatic N) is 2. The summed E-state index contributed by atoms with van der Waals surface area (Å²) in [5, 5.41) is 0. The van der Waals surface area contributed by atoms with Crippen LogP contribution in [0.3, 0.4) is 0 Å². The maximum Gasteiger partial charge on any atom is 0.243 e. The Balaban J connectivity index is 2.13. The van der Waals surface area contributed by atoms with Gasteiger partial charge in [-0.05, 0) is 48.2 Å². The topological polar surface area (TPSA) is 50.3 Å². The van der Waals surface area contributed by atoms with Crippen LogP contribution in [0.25, 0.3) is 0 Å². The van der Waals surface area contributed by atoms with E-state index in [1.165, 1.54) is 4.31 Å². The fraction of sp³-hybridized carbons (Fsp3) is 0.353. The molecular formula is C17H22N2O2S. The zero-order chi connectivity index (χ0) is 16.0. The maximum absolute atomic E-state index is 12.7. The molecule has 1 aromatic carbocycles. The summed E-state index contributed by atoms with van der Waals surface area (Å²) in [5.41, 5.74) is 2.23. The first-order valence-corrected chi connectivity index (χ1v) is 9.00. The van der Waals surface area contributed by atoms with Crippen LogP contribution >= 0.6 is 0 Å². The van der Waals surface area contributed by atoms with Crippen LogP contribution in [0.1, 0.15) is 25.0 Å². The van der Waals surface area contributed by atoms with E-state index in [0.717, 1.165) is 17.5 Å². The Bertz CT molecular complexity index is 682. The Labute approximate surface area is 132 Å². The van der Waals surface area contributed by atoms with Crippen molar-refractivity contribution in [1.82, 2.24) is 9.29 Å². The molecule has 0 atom stereocenters. The molecular weight excluding hydrogens is 296 g/mol. The van der Waals surface area contributed by atoms with Gasteiger partial charge in [0.15, 0.2) is 0 Å². The predicted octanol–water partition coefficient (Wildman–Crippen LogP) is 2.90. The lowest BCUT2D eigenvalue weighted by molar-refractivity contribution is 0.431. The molecule has 2 rings (SSSR count). The summed E-state index contributed by atoms with van der Waals surface area (Å²) in [4.78, 5) is 4.34. The summed E-state index contributed by atoms with van der Waals surface area (Å²) >= 11 is 0.